The van der Waals surface area contributed by atoms with Crippen LogP contribution in [0.25, 0.3) is 33.0 Å². The lowest BCUT2D eigenvalue weighted by Gasteiger charge is -2.26. The zero-order valence-electron chi connectivity index (χ0n) is 16.8. The molecule has 0 heterocycles. The molecule has 0 aromatic heterocycles. The summed E-state index contributed by atoms with van der Waals surface area (Å²) in [6, 6.07) is 8.45. The average molecular weight is 399 g/mol. The SMILES string of the molecule is [B]c1c([B])c([B])c2c(-c3cccc(-c4c(O)cccc4O)c3F)c([B])c([B])c([B])c2c1[B]. The van der Waals surface area contributed by atoms with Gasteiger partial charge >= 0.3 is 0 Å². The fourth-order valence-corrected chi connectivity index (χ4v) is 3.92. The first-order valence-electron chi connectivity index (χ1n) is 9.39. The van der Waals surface area contributed by atoms with Crippen molar-refractivity contribution in [1.82, 2.24) is 0 Å². The molecule has 0 saturated heterocycles. The number of phenolic OH excluding ortho intramolecular Hbond substituents is 2. The maximum absolute atomic E-state index is 15.9. The molecule has 2 N–H and O–H groups in total. The molecule has 0 fully saturated rings. The van der Waals surface area contributed by atoms with Crippen LogP contribution in [0.15, 0.2) is 36.4 Å². The summed E-state index contributed by atoms with van der Waals surface area (Å²) in [6.45, 7) is 0. The van der Waals surface area contributed by atoms with E-state index in [-0.39, 0.29) is 82.8 Å². The minimum Gasteiger partial charge on any atom is -0.507 e. The highest BCUT2D eigenvalue weighted by molar-refractivity contribution is 6.71. The van der Waals surface area contributed by atoms with E-state index in [1.54, 1.807) is 0 Å². The molecule has 0 bridgehead atoms. The van der Waals surface area contributed by atoms with Crippen molar-refractivity contribution >= 4 is 104 Å². The Hall–Kier alpha value is -2.88. The molecule has 4 rings (SSSR count). The molecule has 0 aliphatic heterocycles. The molecule has 4 aromatic rings. The number of hydrogen-bond donors (Lipinski definition) is 2. The largest absolute Gasteiger partial charge is 0.507 e. The highest BCUT2D eigenvalue weighted by atomic mass is 19.1. The van der Waals surface area contributed by atoms with Gasteiger partial charge in [0, 0.05) is 11.1 Å². The highest BCUT2D eigenvalue weighted by Gasteiger charge is 2.22. The van der Waals surface area contributed by atoms with Gasteiger partial charge in [-0.3, -0.25) is 0 Å². The molecule has 14 radical (unpaired) electrons. The summed E-state index contributed by atoms with van der Waals surface area (Å²) in [4.78, 5) is 0. The van der Waals surface area contributed by atoms with Crippen LogP contribution >= 0.6 is 0 Å². The van der Waals surface area contributed by atoms with Crippen LogP contribution in [0.3, 0.4) is 0 Å². The summed E-state index contributed by atoms with van der Waals surface area (Å²) in [5.41, 5.74) is -0.0491. The topological polar surface area (TPSA) is 40.5 Å². The van der Waals surface area contributed by atoms with E-state index >= 15 is 4.39 Å². The first kappa shape index (κ1) is 22.3. The van der Waals surface area contributed by atoms with Crippen molar-refractivity contribution in [2.24, 2.45) is 0 Å². The molecule has 0 aliphatic carbocycles. The number of hydrogen-bond acceptors (Lipinski definition) is 2. The number of rotatable bonds is 2. The Morgan fingerprint density at radius 1 is 0.500 bits per heavy atom. The maximum Gasteiger partial charge on any atom is 0.139 e. The van der Waals surface area contributed by atoms with Gasteiger partial charge in [-0.15, -0.1) is 16.4 Å². The first-order valence-corrected chi connectivity index (χ1v) is 9.39. The molecule has 0 unspecified atom stereocenters. The van der Waals surface area contributed by atoms with Crippen LogP contribution in [0.2, 0.25) is 0 Å². The fourth-order valence-electron chi connectivity index (χ4n) is 3.92. The Balaban J connectivity index is 2.20. The van der Waals surface area contributed by atoms with E-state index in [1.807, 2.05) is 0 Å². The quantitative estimate of drug-likeness (QED) is 0.360. The lowest BCUT2D eigenvalue weighted by atomic mass is 9.58. The van der Waals surface area contributed by atoms with Crippen LogP contribution in [0, 0.1) is 5.82 Å². The fraction of sp³-hybridized carbons (Fsp3) is 0. The molecular weight excluding hydrogens is 391 g/mol. The Labute approximate surface area is 194 Å². The predicted octanol–water partition coefficient (Wildman–Crippen LogP) is -2.72. The van der Waals surface area contributed by atoms with Crippen molar-refractivity contribution in [2.75, 3.05) is 0 Å². The predicted molar refractivity (Wildman–Crippen MR) is 136 cm³/mol. The third-order valence-corrected chi connectivity index (χ3v) is 5.59. The van der Waals surface area contributed by atoms with E-state index in [1.165, 1.54) is 36.4 Å². The van der Waals surface area contributed by atoms with Gasteiger partial charge in [-0.25, -0.2) is 4.39 Å². The van der Waals surface area contributed by atoms with Gasteiger partial charge in [0.05, 0.1) is 5.56 Å². The van der Waals surface area contributed by atoms with E-state index in [4.69, 9.17) is 54.9 Å². The van der Waals surface area contributed by atoms with E-state index in [2.05, 4.69) is 0 Å². The average Bonchev–Trinajstić information content (AvgIpc) is 2.76. The van der Waals surface area contributed by atoms with Crippen molar-refractivity contribution in [2.45, 2.75) is 0 Å². The van der Waals surface area contributed by atoms with E-state index in [9.17, 15) is 10.2 Å². The number of benzene rings is 4. The van der Waals surface area contributed by atoms with E-state index < -0.39 is 5.82 Å². The molecule has 0 aliphatic rings. The van der Waals surface area contributed by atoms with Crippen LogP contribution in [0.5, 0.6) is 11.5 Å². The second-order valence-electron chi connectivity index (χ2n) is 7.36. The van der Waals surface area contributed by atoms with Crippen molar-refractivity contribution in [1.29, 1.82) is 0 Å². The molecule has 10 heteroatoms. The van der Waals surface area contributed by atoms with Crippen LogP contribution in [0.1, 0.15) is 0 Å². The normalized spacial score (nSPS) is 11.2. The summed E-state index contributed by atoms with van der Waals surface area (Å²) in [7, 11) is 42.9. The van der Waals surface area contributed by atoms with Crippen molar-refractivity contribution < 1.29 is 14.6 Å². The summed E-state index contributed by atoms with van der Waals surface area (Å²) in [5.74, 6) is -1.41. The zero-order chi connectivity index (χ0) is 23.5. The maximum atomic E-state index is 15.9. The molecule has 0 amide bonds. The van der Waals surface area contributed by atoms with Crippen LogP contribution in [-0.2, 0) is 0 Å². The first-order chi connectivity index (χ1) is 15.1. The number of aromatic hydroxyl groups is 2. The molecule has 32 heavy (non-hydrogen) atoms. The molecular formula is C22H8B7FO2. The molecule has 2 nitrogen and oxygen atoms in total. The minimum atomic E-state index is -0.796. The summed E-state index contributed by atoms with van der Waals surface area (Å²) in [5, 5.41) is 20.9. The third kappa shape index (κ3) is 3.11. The summed E-state index contributed by atoms with van der Waals surface area (Å²) >= 11 is 0. The monoisotopic (exact) mass is 400 g/mol. The lowest BCUT2D eigenvalue weighted by molar-refractivity contribution is 0.453. The van der Waals surface area contributed by atoms with Crippen molar-refractivity contribution in [3.63, 3.8) is 0 Å². The molecule has 136 valence electrons. The highest BCUT2D eigenvalue weighted by Crippen LogP contribution is 2.40. The molecule has 0 saturated carbocycles. The minimum absolute atomic E-state index is 0.00488. The van der Waals surface area contributed by atoms with Gasteiger partial charge in [0.25, 0.3) is 0 Å². The molecule has 0 spiro atoms. The zero-order valence-corrected chi connectivity index (χ0v) is 16.8. The van der Waals surface area contributed by atoms with Crippen LogP contribution in [0.4, 0.5) is 4.39 Å². The van der Waals surface area contributed by atoms with Gasteiger partial charge in [-0.2, -0.15) is 0 Å². The Morgan fingerprint density at radius 2 is 0.906 bits per heavy atom. The van der Waals surface area contributed by atoms with Crippen molar-refractivity contribution in [3.05, 3.63) is 42.2 Å². The Bertz CT molecular complexity index is 1410. The van der Waals surface area contributed by atoms with Gasteiger partial charge in [0.2, 0.25) is 0 Å². The van der Waals surface area contributed by atoms with Crippen molar-refractivity contribution in [3.8, 4) is 33.8 Å². The molecule has 0 atom stereocenters. The summed E-state index contributed by atoms with van der Waals surface area (Å²) < 4.78 is 15.9. The number of halogens is 1. The van der Waals surface area contributed by atoms with Gasteiger partial charge in [0.15, 0.2) is 0 Å². The third-order valence-electron chi connectivity index (χ3n) is 5.59. The second-order valence-corrected chi connectivity index (χ2v) is 7.36. The van der Waals surface area contributed by atoms with Crippen LogP contribution < -0.4 is 38.2 Å². The lowest BCUT2D eigenvalue weighted by Crippen LogP contribution is -2.52. The van der Waals surface area contributed by atoms with Crippen LogP contribution in [-0.4, -0.2) is 65.1 Å². The van der Waals surface area contributed by atoms with E-state index in [0.717, 1.165) is 0 Å². The van der Waals surface area contributed by atoms with Gasteiger partial charge in [0.1, 0.15) is 72.2 Å². The van der Waals surface area contributed by atoms with Gasteiger partial charge in [-0.05, 0) is 28.5 Å². The number of phenols is 2. The second kappa shape index (κ2) is 7.92. The molecule has 4 aromatic carbocycles. The standard InChI is InChI=1S/C22H8B7FO2/c23-15-12(13-14(17(25)19(15)27)18(26)21(29)20(28)16(13)24)8-4-1-3-7(22(8)30)11-9(31)5-2-6-10(11)32/h1-6,31-32H. The Morgan fingerprint density at radius 3 is 1.44 bits per heavy atom. The van der Waals surface area contributed by atoms with Gasteiger partial charge in [-0.1, -0.05) is 46.1 Å². The van der Waals surface area contributed by atoms with E-state index in [0.29, 0.717) is 0 Å². The Kier molecular flexibility index (Phi) is 5.52. The van der Waals surface area contributed by atoms with Gasteiger partial charge < -0.3 is 10.2 Å². The number of fused-ring (bicyclic) bond motifs is 1. The summed E-state index contributed by atoms with van der Waals surface area (Å²) in [6.07, 6.45) is 0. The smallest absolute Gasteiger partial charge is 0.139 e.